The molecule has 0 aromatic carbocycles. The Labute approximate surface area is 115 Å². The fraction of sp³-hybridized carbons (Fsp3) is 0.273. The SMILES string of the molecule is O=C(Cn1cc(C(=O)C(F)(F)F)nn1)NCc1ccco1. The van der Waals surface area contributed by atoms with Gasteiger partial charge in [0.1, 0.15) is 12.3 Å². The number of hydrogen-bond acceptors (Lipinski definition) is 5. The Morgan fingerprint density at radius 2 is 2.14 bits per heavy atom. The van der Waals surface area contributed by atoms with Crippen LogP contribution in [-0.2, 0) is 17.9 Å². The van der Waals surface area contributed by atoms with E-state index in [1.54, 1.807) is 12.1 Å². The van der Waals surface area contributed by atoms with Crippen molar-refractivity contribution < 1.29 is 27.2 Å². The molecule has 21 heavy (non-hydrogen) atoms. The summed E-state index contributed by atoms with van der Waals surface area (Å²) in [5.41, 5.74) is -0.860. The summed E-state index contributed by atoms with van der Waals surface area (Å²) in [5, 5.41) is 8.86. The molecule has 112 valence electrons. The van der Waals surface area contributed by atoms with E-state index in [-0.39, 0.29) is 13.1 Å². The lowest BCUT2D eigenvalue weighted by Crippen LogP contribution is -2.27. The Hall–Kier alpha value is -2.65. The lowest BCUT2D eigenvalue weighted by molar-refractivity contribution is -0.122. The number of hydrogen-bond donors (Lipinski definition) is 1. The lowest BCUT2D eigenvalue weighted by Gasteiger charge is -2.02. The van der Waals surface area contributed by atoms with Gasteiger partial charge in [-0.15, -0.1) is 5.10 Å². The fourth-order valence-electron chi connectivity index (χ4n) is 1.43. The molecule has 1 N–H and O–H groups in total. The largest absolute Gasteiger partial charge is 0.467 e. The highest BCUT2D eigenvalue weighted by Gasteiger charge is 2.41. The van der Waals surface area contributed by atoms with Gasteiger partial charge >= 0.3 is 6.18 Å². The summed E-state index contributed by atoms with van der Waals surface area (Å²) in [6.45, 7) is -0.228. The van der Waals surface area contributed by atoms with Crippen molar-refractivity contribution in [2.75, 3.05) is 0 Å². The molecular weight excluding hydrogens is 293 g/mol. The maximum Gasteiger partial charge on any atom is 0.456 e. The van der Waals surface area contributed by atoms with Crippen LogP contribution in [0.25, 0.3) is 0 Å². The highest BCUT2D eigenvalue weighted by molar-refractivity contribution is 5.98. The van der Waals surface area contributed by atoms with Crippen LogP contribution in [0.5, 0.6) is 0 Å². The van der Waals surface area contributed by atoms with E-state index in [1.165, 1.54) is 6.26 Å². The lowest BCUT2D eigenvalue weighted by atomic mass is 10.3. The van der Waals surface area contributed by atoms with Crippen LogP contribution in [0.1, 0.15) is 16.2 Å². The third-order valence-corrected chi connectivity index (χ3v) is 2.37. The van der Waals surface area contributed by atoms with Gasteiger partial charge in [0.15, 0.2) is 5.69 Å². The van der Waals surface area contributed by atoms with Gasteiger partial charge < -0.3 is 9.73 Å². The third-order valence-electron chi connectivity index (χ3n) is 2.37. The van der Waals surface area contributed by atoms with E-state index < -0.39 is 23.6 Å². The van der Waals surface area contributed by atoms with Gasteiger partial charge in [-0.05, 0) is 12.1 Å². The van der Waals surface area contributed by atoms with Crippen molar-refractivity contribution in [3.63, 3.8) is 0 Å². The highest BCUT2D eigenvalue weighted by Crippen LogP contribution is 2.19. The molecule has 0 aliphatic heterocycles. The molecule has 2 rings (SSSR count). The molecule has 0 saturated carbocycles. The normalized spacial score (nSPS) is 11.4. The van der Waals surface area contributed by atoms with Crippen molar-refractivity contribution in [3.8, 4) is 0 Å². The number of nitrogens with zero attached hydrogens (tertiary/aromatic N) is 3. The molecule has 2 aromatic rings. The zero-order chi connectivity index (χ0) is 15.5. The number of amides is 1. The van der Waals surface area contributed by atoms with E-state index in [2.05, 4.69) is 15.6 Å². The van der Waals surface area contributed by atoms with Crippen LogP contribution < -0.4 is 5.32 Å². The molecule has 2 heterocycles. The van der Waals surface area contributed by atoms with Crippen molar-refractivity contribution in [2.45, 2.75) is 19.3 Å². The molecule has 0 bridgehead atoms. The minimum Gasteiger partial charge on any atom is -0.467 e. The molecule has 0 aliphatic carbocycles. The smallest absolute Gasteiger partial charge is 0.456 e. The summed E-state index contributed by atoms with van der Waals surface area (Å²) < 4.78 is 42.3. The molecule has 7 nitrogen and oxygen atoms in total. The Morgan fingerprint density at radius 1 is 1.38 bits per heavy atom. The number of Topliss-reactive ketones (excluding diaryl/α,β-unsaturated/α-hetero) is 1. The Morgan fingerprint density at radius 3 is 2.76 bits per heavy atom. The van der Waals surface area contributed by atoms with Crippen LogP contribution in [0.15, 0.2) is 29.0 Å². The average molecular weight is 302 g/mol. The summed E-state index contributed by atoms with van der Waals surface area (Å²) in [4.78, 5) is 22.4. The summed E-state index contributed by atoms with van der Waals surface area (Å²) >= 11 is 0. The third kappa shape index (κ3) is 3.91. The van der Waals surface area contributed by atoms with E-state index in [4.69, 9.17) is 4.42 Å². The summed E-state index contributed by atoms with van der Waals surface area (Å²) in [6.07, 6.45) is -2.82. The number of carbonyl (C=O) groups is 2. The van der Waals surface area contributed by atoms with Crippen molar-refractivity contribution >= 4 is 11.7 Å². The standard InChI is InChI=1S/C11H9F3N4O3/c12-11(13,14)10(20)8-5-18(17-16-8)6-9(19)15-4-7-2-1-3-21-7/h1-3,5H,4,6H2,(H,15,19). The van der Waals surface area contributed by atoms with Crippen LogP contribution in [0.3, 0.4) is 0 Å². The first-order chi connectivity index (χ1) is 9.86. The monoisotopic (exact) mass is 302 g/mol. The van der Waals surface area contributed by atoms with Crippen molar-refractivity contribution in [2.24, 2.45) is 0 Å². The van der Waals surface area contributed by atoms with Gasteiger partial charge in [0.25, 0.3) is 5.78 Å². The molecule has 10 heteroatoms. The van der Waals surface area contributed by atoms with Crippen LogP contribution in [0.2, 0.25) is 0 Å². The minimum absolute atomic E-state index is 0.134. The number of nitrogens with one attached hydrogen (secondary N) is 1. The van der Waals surface area contributed by atoms with Gasteiger partial charge in [0, 0.05) is 0 Å². The Kier molecular flexibility index (Phi) is 4.05. The van der Waals surface area contributed by atoms with E-state index in [9.17, 15) is 22.8 Å². The number of alkyl halides is 3. The molecule has 0 atom stereocenters. The van der Waals surface area contributed by atoms with E-state index >= 15 is 0 Å². The number of carbonyl (C=O) groups excluding carboxylic acids is 2. The van der Waals surface area contributed by atoms with Gasteiger partial charge in [-0.25, -0.2) is 4.68 Å². The van der Waals surface area contributed by atoms with Crippen molar-refractivity contribution in [1.82, 2.24) is 20.3 Å². The van der Waals surface area contributed by atoms with Crippen LogP contribution in [-0.4, -0.2) is 32.9 Å². The van der Waals surface area contributed by atoms with Crippen LogP contribution in [0, 0.1) is 0 Å². The molecule has 1 amide bonds. The van der Waals surface area contributed by atoms with Crippen LogP contribution in [0.4, 0.5) is 13.2 Å². The van der Waals surface area contributed by atoms with Gasteiger partial charge in [-0.2, -0.15) is 13.2 Å². The summed E-state index contributed by atoms with van der Waals surface area (Å²) in [7, 11) is 0. The number of ketones is 1. The Bertz CT molecular complexity index is 633. The zero-order valence-electron chi connectivity index (χ0n) is 10.4. The molecule has 0 fully saturated rings. The first-order valence-corrected chi connectivity index (χ1v) is 5.67. The summed E-state index contributed by atoms with van der Waals surface area (Å²) in [5.74, 6) is -2.10. The molecule has 0 saturated heterocycles. The number of aromatic nitrogens is 3. The van der Waals surface area contributed by atoms with Gasteiger partial charge in [0.2, 0.25) is 5.91 Å². The number of halogens is 3. The minimum atomic E-state index is -5.03. The second-order valence-electron chi connectivity index (χ2n) is 3.98. The molecule has 2 aromatic heterocycles. The Balaban J connectivity index is 1.90. The highest BCUT2D eigenvalue weighted by atomic mass is 19.4. The maximum absolute atomic E-state index is 12.2. The fourth-order valence-corrected chi connectivity index (χ4v) is 1.43. The molecular formula is C11H9F3N4O3. The quantitative estimate of drug-likeness (QED) is 0.830. The predicted octanol–water partition coefficient (Wildman–Crippen LogP) is 0.932. The summed E-state index contributed by atoms with van der Waals surface area (Å²) in [6, 6.07) is 3.30. The van der Waals surface area contributed by atoms with Gasteiger partial charge in [0.05, 0.1) is 19.0 Å². The van der Waals surface area contributed by atoms with Gasteiger partial charge in [-0.1, -0.05) is 5.21 Å². The first-order valence-electron chi connectivity index (χ1n) is 5.67. The van der Waals surface area contributed by atoms with Crippen LogP contribution >= 0.6 is 0 Å². The molecule has 0 radical (unpaired) electrons. The molecule has 0 spiro atoms. The maximum atomic E-state index is 12.2. The van der Waals surface area contributed by atoms with Crippen molar-refractivity contribution in [3.05, 3.63) is 36.0 Å². The van der Waals surface area contributed by atoms with Gasteiger partial charge in [-0.3, -0.25) is 9.59 Å². The number of rotatable bonds is 5. The van der Waals surface area contributed by atoms with E-state index in [1.807, 2.05) is 0 Å². The zero-order valence-corrected chi connectivity index (χ0v) is 10.4. The second kappa shape index (κ2) is 5.77. The topological polar surface area (TPSA) is 90.0 Å². The predicted molar refractivity (Wildman–Crippen MR) is 61.0 cm³/mol. The van der Waals surface area contributed by atoms with Crippen molar-refractivity contribution in [1.29, 1.82) is 0 Å². The van der Waals surface area contributed by atoms with E-state index in [0.29, 0.717) is 5.76 Å². The van der Waals surface area contributed by atoms with E-state index in [0.717, 1.165) is 10.9 Å². The molecule has 0 unspecified atom stereocenters. The molecule has 0 aliphatic rings. The average Bonchev–Trinajstić information content (AvgIpc) is 3.05. The first kappa shape index (κ1) is 14.8. The number of furan rings is 1. The second-order valence-corrected chi connectivity index (χ2v) is 3.98.